The van der Waals surface area contributed by atoms with Gasteiger partial charge in [-0.25, -0.2) is 8.42 Å². The van der Waals surface area contributed by atoms with E-state index < -0.39 is 10.0 Å². The molecule has 0 aliphatic carbocycles. The number of hydrogen-bond acceptors (Lipinski definition) is 4. The zero-order chi connectivity index (χ0) is 26.6. The summed E-state index contributed by atoms with van der Waals surface area (Å²) in [5, 5.41) is 3.03. The summed E-state index contributed by atoms with van der Waals surface area (Å²) in [5.74, 6) is 0.200. The summed E-state index contributed by atoms with van der Waals surface area (Å²) in [6, 6.07) is 20.5. The second kappa shape index (κ2) is 12.0. The molecular weight excluding hydrogens is 618 g/mol. The van der Waals surface area contributed by atoms with Gasteiger partial charge >= 0.3 is 0 Å². The first-order valence-electron chi connectivity index (χ1n) is 12.3. The SMILES string of the molecule is Cc1cc(C)cc(N(CCC(=O)NCC2CCN(c3cccc(Br)c3)C2)S(=O)(=O)c2ccc(Br)cc2)c1. The first-order chi connectivity index (χ1) is 17.6. The molecule has 0 aromatic heterocycles. The molecule has 1 saturated heterocycles. The van der Waals surface area contributed by atoms with E-state index in [9.17, 15) is 13.2 Å². The first kappa shape index (κ1) is 27.7. The van der Waals surface area contributed by atoms with Crippen molar-refractivity contribution in [1.82, 2.24) is 5.32 Å². The van der Waals surface area contributed by atoms with Gasteiger partial charge in [-0.05, 0) is 91.9 Å². The Kier molecular flexibility index (Phi) is 8.98. The van der Waals surface area contributed by atoms with E-state index in [4.69, 9.17) is 0 Å². The quantitative estimate of drug-likeness (QED) is 0.306. The van der Waals surface area contributed by atoms with Crippen LogP contribution in [0.15, 0.2) is 80.6 Å². The molecular formula is C28H31Br2N3O3S. The maximum Gasteiger partial charge on any atom is 0.264 e. The molecule has 1 aliphatic rings. The molecule has 196 valence electrons. The molecule has 1 fully saturated rings. The van der Waals surface area contributed by atoms with E-state index in [2.05, 4.69) is 54.2 Å². The molecule has 0 radical (unpaired) electrons. The molecule has 1 N–H and O–H groups in total. The average molecular weight is 649 g/mol. The van der Waals surface area contributed by atoms with Gasteiger partial charge in [-0.2, -0.15) is 0 Å². The predicted molar refractivity (Wildman–Crippen MR) is 157 cm³/mol. The zero-order valence-electron chi connectivity index (χ0n) is 21.0. The van der Waals surface area contributed by atoms with Crippen LogP contribution in [-0.2, 0) is 14.8 Å². The Morgan fingerprint density at radius 2 is 1.70 bits per heavy atom. The molecule has 9 heteroatoms. The maximum absolute atomic E-state index is 13.6. The van der Waals surface area contributed by atoms with Crippen molar-refractivity contribution in [3.63, 3.8) is 0 Å². The number of hydrogen-bond donors (Lipinski definition) is 1. The van der Waals surface area contributed by atoms with Crippen LogP contribution in [0.1, 0.15) is 24.0 Å². The fourth-order valence-electron chi connectivity index (χ4n) is 4.67. The third kappa shape index (κ3) is 7.15. The number of nitrogens with one attached hydrogen (secondary N) is 1. The van der Waals surface area contributed by atoms with Crippen LogP contribution in [0, 0.1) is 19.8 Å². The van der Waals surface area contributed by atoms with Crippen LogP contribution >= 0.6 is 31.9 Å². The van der Waals surface area contributed by atoms with Crippen molar-refractivity contribution in [3.8, 4) is 0 Å². The van der Waals surface area contributed by atoms with Crippen molar-refractivity contribution >= 4 is 59.2 Å². The van der Waals surface area contributed by atoms with Gasteiger partial charge in [0, 0.05) is 47.2 Å². The Balaban J connectivity index is 1.41. The van der Waals surface area contributed by atoms with Gasteiger partial charge in [0.1, 0.15) is 0 Å². The Hall–Kier alpha value is -2.36. The van der Waals surface area contributed by atoms with E-state index in [1.807, 2.05) is 44.2 Å². The molecule has 1 amide bonds. The highest BCUT2D eigenvalue weighted by atomic mass is 79.9. The maximum atomic E-state index is 13.6. The summed E-state index contributed by atoms with van der Waals surface area (Å²) in [7, 11) is -3.85. The van der Waals surface area contributed by atoms with Gasteiger partial charge in [-0.3, -0.25) is 9.10 Å². The van der Waals surface area contributed by atoms with Crippen LogP contribution in [-0.4, -0.2) is 40.5 Å². The molecule has 1 heterocycles. The lowest BCUT2D eigenvalue weighted by molar-refractivity contribution is -0.121. The summed E-state index contributed by atoms with van der Waals surface area (Å²) < 4.78 is 30.4. The van der Waals surface area contributed by atoms with Crippen LogP contribution in [0.3, 0.4) is 0 Å². The molecule has 0 spiro atoms. The minimum atomic E-state index is -3.85. The summed E-state index contributed by atoms with van der Waals surface area (Å²) in [6.07, 6.45) is 1.07. The van der Waals surface area contributed by atoms with Gasteiger partial charge in [0.05, 0.1) is 10.6 Å². The fraction of sp³-hybridized carbons (Fsp3) is 0.321. The largest absolute Gasteiger partial charge is 0.371 e. The number of halogens is 2. The van der Waals surface area contributed by atoms with Crippen LogP contribution in [0.2, 0.25) is 0 Å². The predicted octanol–water partition coefficient (Wildman–Crippen LogP) is 6.06. The monoisotopic (exact) mass is 647 g/mol. The lowest BCUT2D eigenvalue weighted by Crippen LogP contribution is -2.37. The van der Waals surface area contributed by atoms with E-state index >= 15 is 0 Å². The van der Waals surface area contributed by atoms with Gasteiger partial charge < -0.3 is 10.2 Å². The number of aryl methyl sites for hydroxylation is 2. The molecule has 3 aromatic rings. The fourth-order valence-corrected chi connectivity index (χ4v) is 6.77. The highest BCUT2D eigenvalue weighted by molar-refractivity contribution is 9.10. The Morgan fingerprint density at radius 3 is 2.38 bits per heavy atom. The summed E-state index contributed by atoms with van der Waals surface area (Å²) in [5.41, 5.74) is 3.66. The normalized spacial score (nSPS) is 15.6. The second-order valence-corrected chi connectivity index (χ2v) is 13.2. The van der Waals surface area contributed by atoms with Gasteiger partial charge in [0.25, 0.3) is 10.0 Å². The molecule has 37 heavy (non-hydrogen) atoms. The van der Waals surface area contributed by atoms with Crippen molar-refractivity contribution in [3.05, 3.63) is 86.8 Å². The lowest BCUT2D eigenvalue weighted by atomic mass is 10.1. The number of nitrogens with zero attached hydrogens (tertiary/aromatic N) is 2. The Morgan fingerprint density at radius 1 is 1.00 bits per heavy atom. The first-order valence-corrected chi connectivity index (χ1v) is 15.3. The van der Waals surface area contributed by atoms with E-state index in [-0.39, 0.29) is 23.8 Å². The van der Waals surface area contributed by atoms with E-state index in [1.165, 1.54) is 9.99 Å². The highest BCUT2D eigenvalue weighted by Gasteiger charge is 2.27. The van der Waals surface area contributed by atoms with Gasteiger partial charge in [0.2, 0.25) is 5.91 Å². The van der Waals surface area contributed by atoms with E-state index in [0.717, 1.165) is 39.6 Å². The topological polar surface area (TPSA) is 69.7 Å². The standard InChI is InChI=1S/C28H31Br2N3O3S/c1-20-14-21(2)16-26(15-20)33(37(35,36)27-8-6-23(29)7-9-27)13-11-28(34)31-18-22-10-12-32(19-22)25-5-3-4-24(30)17-25/h3-9,14-17,22H,10-13,18-19H2,1-2H3,(H,31,34). The van der Waals surface area contributed by atoms with Gasteiger partial charge in [-0.15, -0.1) is 0 Å². The smallest absolute Gasteiger partial charge is 0.264 e. The summed E-state index contributed by atoms with van der Waals surface area (Å²) in [4.78, 5) is 15.3. The van der Waals surface area contributed by atoms with Crippen molar-refractivity contribution in [2.75, 3.05) is 35.4 Å². The van der Waals surface area contributed by atoms with Gasteiger partial charge in [-0.1, -0.05) is 44.0 Å². The van der Waals surface area contributed by atoms with Crippen molar-refractivity contribution in [2.45, 2.75) is 31.6 Å². The number of sulfonamides is 1. The number of rotatable bonds is 9. The number of amides is 1. The van der Waals surface area contributed by atoms with Crippen molar-refractivity contribution < 1.29 is 13.2 Å². The number of benzene rings is 3. The molecule has 0 saturated carbocycles. The molecule has 4 rings (SSSR count). The van der Waals surface area contributed by atoms with Crippen molar-refractivity contribution in [2.24, 2.45) is 5.92 Å². The zero-order valence-corrected chi connectivity index (χ0v) is 24.9. The Labute approximate surface area is 236 Å². The second-order valence-electron chi connectivity index (χ2n) is 9.51. The van der Waals surface area contributed by atoms with Crippen LogP contribution < -0.4 is 14.5 Å². The third-order valence-electron chi connectivity index (χ3n) is 6.49. The van der Waals surface area contributed by atoms with Crippen LogP contribution in [0.4, 0.5) is 11.4 Å². The molecule has 6 nitrogen and oxygen atoms in total. The van der Waals surface area contributed by atoms with Crippen LogP contribution in [0.25, 0.3) is 0 Å². The minimum Gasteiger partial charge on any atom is -0.371 e. The molecule has 1 atom stereocenters. The summed E-state index contributed by atoms with van der Waals surface area (Å²) >= 11 is 6.89. The average Bonchev–Trinajstić information content (AvgIpc) is 3.32. The molecule has 0 bridgehead atoms. The van der Waals surface area contributed by atoms with E-state index in [1.54, 1.807) is 24.3 Å². The molecule has 1 unspecified atom stereocenters. The van der Waals surface area contributed by atoms with Crippen LogP contribution in [0.5, 0.6) is 0 Å². The third-order valence-corrected chi connectivity index (χ3v) is 9.35. The number of anilines is 2. The lowest BCUT2D eigenvalue weighted by Gasteiger charge is -2.25. The molecule has 3 aromatic carbocycles. The summed E-state index contributed by atoms with van der Waals surface area (Å²) in [6.45, 7) is 6.33. The van der Waals surface area contributed by atoms with E-state index in [0.29, 0.717) is 18.2 Å². The number of carbonyl (C=O) groups is 1. The highest BCUT2D eigenvalue weighted by Crippen LogP contribution is 2.28. The van der Waals surface area contributed by atoms with Crippen molar-refractivity contribution in [1.29, 1.82) is 0 Å². The minimum absolute atomic E-state index is 0.0575. The van der Waals surface area contributed by atoms with Gasteiger partial charge in [0.15, 0.2) is 0 Å². The Bertz CT molecular complexity index is 1340. The number of carbonyl (C=O) groups excluding carboxylic acids is 1. The molecule has 1 aliphatic heterocycles.